The van der Waals surface area contributed by atoms with E-state index in [9.17, 15) is 4.79 Å². The number of aryl methyl sites for hydroxylation is 2. The second-order valence-corrected chi connectivity index (χ2v) is 3.82. The molecule has 0 radical (unpaired) electrons. The predicted molar refractivity (Wildman–Crippen MR) is 59.3 cm³/mol. The average molecular weight is 209 g/mol. The van der Waals surface area contributed by atoms with Crippen LogP contribution in [0.15, 0.2) is 6.07 Å². The van der Waals surface area contributed by atoms with E-state index < -0.39 is 0 Å². The standard InChI is InChI=1S/C11H19N3O/c1-4-9-6-10(5-2)14(13-9)7-8(3)11(12)15/h6,8H,4-5,7H2,1-3H3,(H2,12,15). The first-order chi connectivity index (χ1) is 7.08. The van der Waals surface area contributed by atoms with Crippen molar-refractivity contribution in [2.45, 2.75) is 40.2 Å². The van der Waals surface area contributed by atoms with Gasteiger partial charge in [0.15, 0.2) is 0 Å². The number of carbonyl (C=O) groups excluding carboxylic acids is 1. The number of rotatable bonds is 5. The Balaban J connectivity index is 2.83. The van der Waals surface area contributed by atoms with Gasteiger partial charge in [-0.2, -0.15) is 5.10 Å². The Hall–Kier alpha value is -1.32. The largest absolute Gasteiger partial charge is 0.369 e. The molecule has 4 nitrogen and oxygen atoms in total. The van der Waals surface area contributed by atoms with Crippen LogP contribution < -0.4 is 5.73 Å². The minimum Gasteiger partial charge on any atom is -0.369 e. The first-order valence-corrected chi connectivity index (χ1v) is 5.43. The molecule has 0 saturated carbocycles. The summed E-state index contributed by atoms with van der Waals surface area (Å²) in [5.41, 5.74) is 7.47. The van der Waals surface area contributed by atoms with E-state index >= 15 is 0 Å². The molecule has 0 fully saturated rings. The predicted octanol–water partition coefficient (Wildman–Crippen LogP) is 1.13. The Morgan fingerprint density at radius 1 is 1.53 bits per heavy atom. The Morgan fingerprint density at radius 2 is 2.20 bits per heavy atom. The first kappa shape index (κ1) is 11.8. The van der Waals surface area contributed by atoms with Gasteiger partial charge in [-0.25, -0.2) is 0 Å². The summed E-state index contributed by atoms with van der Waals surface area (Å²) in [7, 11) is 0. The van der Waals surface area contributed by atoms with Gasteiger partial charge in [0, 0.05) is 5.69 Å². The van der Waals surface area contributed by atoms with Gasteiger partial charge in [-0.3, -0.25) is 9.48 Å². The van der Waals surface area contributed by atoms with Crippen molar-refractivity contribution in [3.8, 4) is 0 Å². The quantitative estimate of drug-likeness (QED) is 0.790. The molecule has 84 valence electrons. The number of carbonyl (C=O) groups is 1. The Morgan fingerprint density at radius 3 is 2.67 bits per heavy atom. The fourth-order valence-corrected chi connectivity index (χ4v) is 1.48. The van der Waals surface area contributed by atoms with Gasteiger partial charge >= 0.3 is 0 Å². The van der Waals surface area contributed by atoms with Gasteiger partial charge in [-0.1, -0.05) is 20.8 Å². The number of amides is 1. The van der Waals surface area contributed by atoms with Crippen molar-refractivity contribution in [3.63, 3.8) is 0 Å². The zero-order valence-corrected chi connectivity index (χ0v) is 9.66. The third kappa shape index (κ3) is 2.81. The number of nitrogens with zero attached hydrogens (tertiary/aromatic N) is 2. The molecule has 4 heteroatoms. The second-order valence-electron chi connectivity index (χ2n) is 3.82. The molecule has 0 aliphatic carbocycles. The Kier molecular flexibility index (Phi) is 3.88. The molecule has 0 spiro atoms. The maximum Gasteiger partial charge on any atom is 0.222 e. The van der Waals surface area contributed by atoms with E-state index in [-0.39, 0.29) is 11.8 Å². The summed E-state index contributed by atoms with van der Waals surface area (Å²) in [4.78, 5) is 11.0. The highest BCUT2D eigenvalue weighted by molar-refractivity contribution is 5.76. The van der Waals surface area contributed by atoms with Gasteiger partial charge < -0.3 is 5.73 Å². The lowest BCUT2D eigenvalue weighted by molar-refractivity contribution is -0.121. The molecule has 0 aliphatic rings. The van der Waals surface area contributed by atoms with Crippen molar-refractivity contribution in [2.75, 3.05) is 0 Å². The summed E-state index contributed by atoms with van der Waals surface area (Å²) in [5, 5.41) is 4.43. The molecular formula is C11H19N3O. The summed E-state index contributed by atoms with van der Waals surface area (Å²) in [6.07, 6.45) is 1.85. The van der Waals surface area contributed by atoms with Crippen molar-refractivity contribution in [1.29, 1.82) is 0 Å². The smallest absolute Gasteiger partial charge is 0.222 e. The fourth-order valence-electron chi connectivity index (χ4n) is 1.48. The van der Waals surface area contributed by atoms with E-state index in [2.05, 4.69) is 25.0 Å². The molecule has 1 aromatic heterocycles. The summed E-state index contributed by atoms with van der Waals surface area (Å²) >= 11 is 0. The topological polar surface area (TPSA) is 60.9 Å². The zero-order chi connectivity index (χ0) is 11.4. The van der Waals surface area contributed by atoms with Crippen LogP contribution in [0.5, 0.6) is 0 Å². The van der Waals surface area contributed by atoms with Crippen LogP contribution in [0.25, 0.3) is 0 Å². The van der Waals surface area contributed by atoms with Gasteiger partial charge in [-0.15, -0.1) is 0 Å². The molecular weight excluding hydrogens is 190 g/mol. The first-order valence-electron chi connectivity index (χ1n) is 5.43. The molecule has 1 amide bonds. The van der Waals surface area contributed by atoms with Crippen LogP contribution in [0.4, 0.5) is 0 Å². The van der Waals surface area contributed by atoms with Gasteiger partial charge in [-0.05, 0) is 18.9 Å². The third-order valence-electron chi connectivity index (χ3n) is 2.57. The minimum atomic E-state index is -0.273. The van der Waals surface area contributed by atoms with E-state index in [4.69, 9.17) is 5.73 Å². The van der Waals surface area contributed by atoms with Crippen molar-refractivity contribution >= 4 is 5.91 Å². The Bertz CT molecular complexity index is 344. The van der Waals surface area contributed by atoms with Crippen molar-refractivity contribution in [1.82, 2.24) is 9.78 Å². The number of nitrogens with two attached hydrogens (primary N) is 1. The fraction of sp³-hybridized carbons (Fsp3) is 0.636. The highest BCUT2D eigenvalue weighted by Gasteiger charge is 2.12. The molecule has 2 N–H and O–H groups in total. The van der Waals surface area contributed by atoms with Crippen molar-refractivity contribution in [2.24, 2.45) is 11.7 Å². The number of primary amides is 1. The van der Waals surface area contributed by atoms with E-state index in [1.165, 1.54) is 5.69 Å². The number of hydrogen-bond acceptors (Lipinski definition) is 2. The SMILES string of the molecule is CCc1cc(CC)n(CC(C)C(N)=O)n1. The van der Waals surface area contributed by atoms with E-state index in [0.29, 0.717) is 6.54 Å². The third-order valence-corrected chi connectivity index (χ3v) is 2.57. The van der Waals surface area contributed by atoms with Crippen molar-refractivity contribution < 1.29 is 4.79 Å². The van der Waals surface area contributed by atoms with Crippen LogP contribution >= 0.6 is 0 Å². The molecule has 0 aromatic carbocycles. The van der Waals surface area contributed by atoms with E-state index in [1.807, 2.05) is 11.6 Å². The maximum atomic E-state index is 11.0. The number of hydrogen-bond donors (Lipinski definition) is 1. The lowest BCUT2D eigenvalue weighted by Crippen LogP contribution is -2.25. The normalized spacial score (nSPS) is 12.7. The van der Waals surface area contributed by atoms with E-state index in [0.717, 1.165) is 18.5 Å². The van der Waals surface area contributed by atoms with Crippen LogP contribution in [0.2, 0.25) is 0 Å². The van der Waals surface area contributed by atoms with Crippen LogP contribution in [0.3, 0.4) is 0 Å². The summed E-state index contributed by atoms with van der Waals surface area (Å²) < 4.78 is 1.90. The van der Waals surface area contributed by atoms with Crippen LogP contribution in [0, 0.1) is 5.92 Å². The summed E-state index contributed by atoms with van der Waals surface area (Å²) in [6.45, 7) is 6.57. The van der Waals surface area contributed by atoms with Gasteiger partial charge in [0.25, 0.3) is 0 Å². The van der Waals surface area contributed by atoms with Crippen LogP contribution in [-0.2, 0) is 24.2 Å². The Labute approximate surface area is 90.5 Å². The molecule has 0 saturated heterocycles. The van der Waals surface area contributed by atoms with Crippen LogP contribution in [-0.4, -0.2) is 15.7 Å². The van der Waals surface area contributed by atoms with E-state index in [1.54, 1.807) is 0 Å². The highest BCUT2D eigenvalue weighted by Crippen LogP contribution is 2.09. The minimum absolute atomic E-state index is 0.167. The second kappa shape index (κ2) is 4.96. The molecule has 1 unspecified atom stereocenters. The molecule has 1 aromatic rings. The maximum absolute atomic E-state index is 11.0. The van der Waals surface area contributed by atoms with Gasteiger partial charge in [0.05, 0.1) is 18.2 Å². The van der Waals surface area contributed by atoms with Gasteiger partial charge in [0.1, 0.15) is 0 Å². The molecule has 1 rings (SSSR count). The van der Waals surface area contributed by atoms with Gasteiger partial charge in [0.2, 0.25) is 5.91 Å². The summed E-state index contributed by atoms with van der Waals surface area (Å²) in [6, 6.07) is 2.09. The lowest BCUT2D eigenvalue weighted by Gasteiger charge is -2.09. The molecule has 15 heavy (non-hydrogen) atoms. The molecule has 1 heterocycles. The van der Waals surface area contributed by atoms with Crippen LogP contribution in [0.1, 0.15) is 32.2 Å². The monoisotopic (exact) mass is 209 g/mol. The lowest BCUT2D eigenvalue weighted by atomic mass is 10.1. The molecule has 1 atom stereocenters. The average Bonchev–Trinajstić information content (AvgIpc) is 2.60. The zero-order valence-electron chi connectivity index (χ0n) is 9.66. The highest BCUT2D eigenvalue weighted by atomic mass is 16.1. The number of aromatic nitrogens is 2. The van der Waals surface area contributed by atoms with Crippen molar-refractivity contribution in [3.05, 3.63) is 17.5 Å². The molecule has 0 aliphatic heterocycles. The summed E-state index contributed by atoms with van der Waals surface area (Å²) in [5.74, 6) is -0.439. The molecule has 0 bridgehead atoms.